The zero-order valence-corrected chi connectivity index (χ0v) is 19.5. The summed E-state index contributed by atoms with van der Waals surface area (Å²) in [5.41, 5.74) is 0. The molecule has 0 spiro atoms. The Morgan fingerprint density at radius 1 is 1.08 bits per heavy atom. The summed E-state index contributed by atoms with van der Waals surface area (Å²) in [5.74, 6) is 0.972. The summed E-state index contributed by atoms with van der Waals surface area (Å²) in [6, 6.07) is 1.30. The second kappa shape index (κ2) is 15.0. The van der Waals surface area contributed by atoms with E-state index in [1.807, 2.05) is 0 Å². The van der Waals surface area contributed by atoms with Crippen molar-refractivity contribution in [1.82, 2.24) is 20.4 Å². The zero-order chi connectivity index (χ0) is 17.8. The average molecular weight is 467 g/mol. The Balaban J connectivity index is 0.00000576. The van der Waals surface area contributed by atoms with E-state index in [-0.39, 0.29) is 24.0 Å². The minimum absolute atomic E-state index is 0. The van der Waals surface area contributed by atoms with Crippen LogP contribution < -0.4 is 10.6 Å². The molecule has 0 radical (unpaired) electrons. The van der Waals surface area contributed by atoms with Crippen molar-refractivity contribution in [2.45, 2.75) is 72.4 Å². The van der Waals surface area contributed by atoms with Gasteiger partial charge in [-0.2, -0.15) is 0 Å². The number of nitrogens with one attached hydrogen (secondary N) is 2. The monoisotopic (exact) mass is 467 g/mol. The molecule has 0 aromatic rings. The van der Waals surface area contributed by atoms with E-state index in [0.29, 0.717) is 6.04 Å². The molecule has 1 atom stereocenters. The summed E-state index contributed by atoms with van der Waals surface area (Å²) in [6.07, 6.45) is 5.17. The number of hydrogen-bond acceptors (Lipinski definition) is 3. The molecule has 1 aliphatic rings. The minimum atomic E-state index is 0. The van der Waals surface area contributed by atoms with Crippen LogP contribution in [0, 0.1) is 0 Å². The SMILES string of the molecule is CCNC(=NCCN(CC)C1CC1)NC(C)CCCN(CC)CC.I. The lowest BCUT2D eigenvalue weighted by Crippen LogP contribution is -2.43. The fraction of sp³-hybridized carbons (Fsp3) is 0.947. The van der Waals surface area contributed by atoms with Gasteiger partial charge in [0.25, 0.3) is 0 Å². The third-order valence-electron chi connectivity index (χ3n) is 4.86. The molecular formula is C19H42IN5. The van der Waals surface area contributed by atoms with Crippen LogP contribution in [0.15, 0.2) is 4.99 Å². The van der Waals surface area contributed by atoms with E-state index in [1.54, 1.807) is 0 Å². The van der Waals surface area contributed by atoms with Crippen LogP contribution in [0.1, 0.15) is 60.3 Å². The first kappa shape index (κ1) is 24.9. The Morgan fingerprint density at radius 2 is 1.76 bits per heavy atom. The third-order valence-corrected chi connectivity index (χ3v) is 4.86. The predicted molar refractivity (Wildman–Crippen MR) is 121 cm³/mol. The lowest BCUT2D eigenvalue weighted by Gasteiger charge is -2.22. The second-order valence-corrected chi connectivity index (χ2v) is 6.83. The lowest BCUT2D eigenvalue weighted by molar-refractivity contribution is 0.286. The van der Waals surface area contributed by atoms with Crippen molar-refractivity contribution in [2.75, 3.05) is 45.8 Å². The molecule has 0 saturated heterocycles. The van der Waals surface area contributed by atoms with Crippen molar-refractivity contribution in [3.8, 4) is 0 Å². The molecule has 0 amide bonds. The smallest absolute Gasteiger partial charge is 0.191 e. The summed E-state index contributed by atoms with van der Waals surface area (Å²) in [5, 5.41) is 6.95. The van der Waals surface area contributed by atoms with Crippen LogP contribution in [-0.2, 0) is 0 Å². The first-order valence-electron chi connectivity index (χ1n) is 10.2. The van der Waals surface area contributed by atoms with Gasteiger partial charge in [0.1, 0.15) is 0 Å². The summed E-state index contributed by atoms with van der Waals surface area (Å²) in [6.45, 7) is 18.6. The highest BCUT2D eigenvalue weighted by atomic mass is 127. The Hall–Kier alpha value is -0.0800. The van der Waals surface area contributed by atoms with Gasteiger partial charge in [0.15, 0.2) is 5.96 Å². The Morgan fingerprint density at radius 3 is 2.28 bits per heavy atom. The zero-order valence-electron chi connectivity index (χ0n) is 17.2. The maximum absolute atomic E-state index is 4.77. The van der Waals surface area contributed by atoms with Crippen molar-refractivity contribution in [1.29, 1.82) is 0 Å². The number of rotatable bonds is 13. The number of nitrogens with zero attached hydrogens (tertiary/aromatic N) is 3. The number of likely N-dealkylation sites (N-methyl/N-ethyl adjacent to an activating group) is 1. The Bertz CT molecular complexity index is 343. The molecule has 0 bridgehead atoms. The molecule has 25 heavy (non-hydrogen) atoms. The van der Waals surface area contributed by atoms with E-state index in [4.69, 9.17) is 4.99 Å². The number of aliphatic imine (C=N–C) groups is 1. The van der Waals surface area contributed by atoms with Crippen LogP contribution in [0.5, 0.6) is 0 Å². The number of guanidine groups is 1. The molecule has 0 aliphatic heterocycles. The van der Waals surface area contributed by atoms with Crippen LogP contribution in [-0.4, -0.2) is 73.7 Å². The topological polar surface area (TPSA) is 42.9 Å². The van der Waals surface area contributed by atoms with E-state index >= 15 is 0 Å². The molecule has 1 fully saturated rings. The predicted octanol–water partition coefficient (Wildman–Crippen LogP) is 3.15. The molecule has 5 nitrogen and oxygen atoms in total. The van der Waals surface area contributed by atoms with Crippen molar-refractivity contribution in [3.05, 3.63) is 0 Å². The van der Waals surface area contributed by atoms with Gasteiger partial charge in [-0.3, -0.25) is 9.89 Å². The summed E-state index contributed by atoms with van der Waals surface area (Å²) >= 11 is 0. The molecule has 2 N–H and O–H groups in total. The average Bonchev–Trinajstić information content (AvgIpc) is 3.40. The van der Waals surface area contributed by atoms with Crippen LogP contribution in [0.25, 0.3) is 0 Å². The number of halogens is 1. The van der Waals surface area contributed by atoms with Crippen molar-refractivity contribution >= 4 is 29.9 Å². The van der Waals surface area contributed by atoms with Gasteiger partial charge >= 0.3 is 0 Å². The highest BCUT2D eigenvalue weighted by Crippen LogP contribution is 2.25. The van der Waals surface area contributed by atoms with Gasteiger partial charge in [-0.15, -0.1) is 24.0 Å². The molecule has 0 heterocycles. The fourth-order valence-electron chi connectivity index (χ4n) is 3.12. The van der Waals surface area contributed by atoms with Gasteiger partial charge in [-0.1, -0.05) is 20.8 Å². The van der Waals surface area contributed by atoms with Gasteiger partial charge < -0.3 is 15.5 Å². The first-order valence-corrected chi connectivity index (χ1v) is 10.2. The summed E-state index contributed by atoms with van der Waals surface area (Å²) < 4.78 is 0. The molecule has 0 aromatic heterocycles. The molecule has 1 aliphatic carbocycles. The molecule has 1 unspecified atom stereocenters. The highest BCUT2D eigenvalue weighted by Gasteiger charge is 2.27. The minimum Gasteiger partial charge on any atom is -0.357 e. The largest absolute Gasteiger partial charge is 0.357 e. The number of hydrogen-bond donors (Lipinski definition) is 2. The molecule has 0 aromatic carbocycles. The van der Waals surface area contributed by atoms with Crippen molar-refractivity contribution < 1.29 is 0 Å². The van der Waals surface area contributed by atoms with Crippen molar-refractivity contribution in [2.24, 2.45) is 4.99 Å². The Labute approximate surface area is 173 Å². The lowest BCUT2D eigenvalue weighted by atomic mass is 10.2. The maximum atomic E-state index is 4.77. The van der Waals surface area contributed by atoms with Gasteiger partial charge in [-0.25, -0.2) is 0 Å². The molecule has 1 rings (SSSR count). The highest BCUT2D eigenvalue weighted by molar-refractivity contribution is 14.0. The normalized spacial score (nSPS) is 16.0. The molecular weight excluding hydrogens is 425 g/mol. The van der Waals surface area contributed by atoms with Crippen LogP contribution in [0.2, 0.25) is 0 Å². The Kier molecular flexibility index (Phi) is 15.0. The van der Waals surface area contributed by atoms with E-state index in [9.17, 15) is 0 Å². The van der Waals surface area contributed by atoms with Crippen molar-refractivity contribution in [3.63, 3.8) is 0 Å². The summed E-state index contributed by atoms with van der Waals surface area (Å²) in [7, 11) is 0. The van der Waals surface area contributed by atoms with Crippen LogP contribution in [0.4, 0.5) is 0 Å². The molecule has 6 heteroatoms. The van der Waals surface area contributed by atoms with E-state index in [0.717, 1.165) is 51.3 Å². The third kappa shape index (κ3) is 11.3. The van der Waals surface area contributed by atoms with Gasteiger partial charge in [0.2, 0.25) is 0 Å². The van der Waals surface area contributed by atoms with Crippen LogP contribution >= 0.6 is 24.0 Å². The molecule has 150 valence electrons. The summed E-state index contributed by atoms with van der Waals surface area (Å²) in [4.78, 5) is 9.81. The van der Waals surface area contributed by atoms with Gasteiger partial charge in [0.05, 0.1) is 6.54 Å². The van der Waals surface area contributed by atoms with E-state index < -0.39 is 0 Å². The van der Waals surface area contributed by atoms with Crippen LogP contribution in [0.3, 0.4) is 0 Å². The second-order valence-electron chi connectivity index (χ2n) is 6.83. The van der Waals surface area contributed by atoms with Gasteiger partial charge in [0, 0.05) is 25.2 Å². The standard InChI is InChI=1S/C19H41N5.HI/c1-6-20-19(21-14-16-24(9-4)18-12-13-18)22-17(5)11-10-15-23(7-2)8-3;/h17-18H,6-16H2,1-5H3,(H2,20,21,22);1H. The van der Waals surface area contributed by atoms with Gasteiger partial charge in [-0.05, 0) is 65.7 Å². The maximum Gasteiger partial charge on any atom is 0.191 e. The first-order chi connectivity index (χ1) is 11.6. The molecule has 1 saturated carbocycles. The fourth-order valence-corrected chi connectivity index (χ4v) is 3.12. The quantitative estimate of drug-likeness (QED) is 0.248. The van der Waals surface area contributed by atoms with E-state index in [1.165, 1.54) is 32.2 Å². The van der Waals surface area contributed by atoms with E-state index in [2.05, 4.69) is 55.1 Å².